The van der Waals surface area contributed by atoms with Gasteiger partial charge in [-0.2, -0.15) is 0 Å². The van der Waals surface area contributed by atoms with Gasteiger partial charge in [0, 0.05) is 6.04 Å². The highest BCUT2D eigenvalue weighted by molar-refractivity contribution is 5.71. The molecule has 0 radical (unpaired) electrons. The molecule has 56 valence electrons. The van der Waals surface area contributed by atoms with Gasteiger partial charge >= 0.3 is 0 Å². The highest BCUT2D eigenvalue weighted by Gasteiger charge is 1.91. The van der Waals surface area contributed by atoms with E-state index in [0.29, 0.717) is 6.42 Å². The molecule has 2 nitrogen and oxygen atoms in total. The highest BCUT2D eigenvalue weighted by Crippen LogP contribution is 1.94. The van der Waals surface area contributed by atoms with Gasteiger partial charge in [0.25, 0.3) is 0 Å². The Morgan fingerprint density at radius 1 is 1.80 bits per heavy atom. The van der Waals surface area contributed by atoms with E-state index in [1.165, 1.54) is 0 Å². The number of carbonyl (C=O) groups excluding carboxylic acids is 1. The van der Waals surface area contributed by atoms with Gasteiger partial charge in [0.2, 0.25) is 0 Å². The lowest BCUT2D eigenvalue weighted by molar-refractivity contribution is -0.104. The third kappa shape index (κ3) is 4.04. The number of hydrogen-bond donors (Lipinski definition) is 1. The van der Waals surface area contributed by atoms with Gasteiger partial charge in [0.1, 0.15) is 6.29 Å². The molecule has 0 aromatic carbocycles. The SMILES string of the molecule is C=CC(N)C/C=C(\C)C=O. The molecule has 1 atom stereocenters. The predicted molar refractivity (Wildman–Crippen MR) is 42.6 cm³/mol. The van der Waals surface area contributed by atoms with E-state index >= 15 is 0 Å². The van der Waals surface area contributed by atoms with E-state index in [4.69, 9.17) is 5.73 Å². The molecule has 0 fully saturated rings. The summed E-state index contributed by atoms with van der Waals surface area (Å²) >= 11 is 0. The van der Waals surface area contributed by atoms with Crippen LogP contribution in [0.1, 0.15) is 13.3 Å². The second-order valence-electron chi connectivity index (χ2n) is 2.20. The zero-order chi connectivity index (χ0) is 7.98. The maximum absolute atomic E-state index is 10.1. The Labute approximate surface area is 61.4 Å². The first-order valence-electron chi connectivity index (χ1n) is 3.20. The molecule has 0 aliphatic heterocycles. The number of aldehydes is 1. The van der Waals surface area contributed by atoms with Crippen LogP contribution in [0.2, 0.25) is 0 Å². The Morgan fingerprint density at radius 3 is 2.80 bits per heavy atom. The maximum Gasteiger partial charge on any atom is 0.145 e. The van der Waals surface area contributed by atoms with Gasteiger partial charge in [-0.3, -0.25) is 4.79 Å². The van der Waals surface area contributed by atoms with Crippen molar-refractivity contribution in [2.24, 2.45) is 5.73 Å². The topological polar surface area (TPSA) is 43.1 Å². The van der Waals surface area contributed by atoms with Crippen molar-refractivity contribution in [1.82, 2.24) is 0 Å². The van der Waals surface area contributed by atoms with Crippen molar-refractivity contribution in [2.75, 3.05) is 0 Å². The van der Waals surface area contributed by atoms with Crippen molar-refractivity contribution >= 4 is 6.29 Å². The number of allylic oxidation sites excluding steroid dienone is 1. The smallest absolute Gasteiger partial charge is 0.145 e. The first-order chi connectivity index (χ1) is 4.70. The molecule has 0 aromatic rings. The summed E-state index contributed by atoms with van der Waals surface area (Å²) in [5.74, 6) is 0. The highest BCUT2D eigenvalue weighted by atomic mass is 16.1. The lowest BCUT2D eigenvalue weighted by Gasteiger charge is -1.99. The molecular formula is C8H13NO. The summed E-state index contributed by atoms with van der Waals surface area (Å²) in [6.07, 6.45) is 4.97. The Balaban J connectivity index is 3.70. The Kier molecular flexibility index (Phi) is 4.50. The van der Waals surface area contributed by atoms with Crippen LogP contribution in [-0.4, -0.2) is 12.3 Å². The summed E-state index contributed by atoms with van der Waals surface area (Å²) in [6, 6.07) is -0.0325. The Hall–Kier alpha value is -0.890. The molecule has 0 saturated heterocycles. The molecule has 0 heterocycles. The molecule has 0 aliphatic carbocycles. The van der Waals surface area contributed by atoms with E-state index in [1.54, 1.807) is 19.1 Å². The fourth-order valence-electron chi connectivity index (χ4n) is 0.466. The summed E-state index contributed by atoms with van der Waals surface area (Å²) < 4.78 is 0. The molecule has 10 heavy (non-hydrogen) atoms. The van der Waals surface area contributed by atoms with Gasteiger partial charge < -0.3 is 5.73 Å². The Morgan fingerprint density at radius 2 is 2.40 bits per heavy atom. The lowest BCUT2D eigenvalue weighted by atomic mass is 10.2. The van der Waals surface area contributed by atoms with Crippen molar-refractivity contribution < 1.29 is 4.79 Å². The van der Waals surface area contributed by atoms with Crippen molar-refractivity contribution in [3.05, 3.63) is 24.3 Å². The molecule has 0 rings (SSSR count). The summed E-state index contributed by atoms with van der Waals surface area (Å²) in [5.41, 5.74) is 6.22. The van der Waals surface area contributed by atoms with E-state index in [-0.39, 0.29) is 6.04 Å². The van der Waals surface area contributed by atoms with Crippen LogP contribution in [0.4, 0.5) is 0 Å². The largest absolute Gasteiger partial charge is 0.324 e. The third-order valence-corrected chi connectivity index (χ3v) is 1.20. The number of nitrogens with two attached hydrogens (primary N) is 1. The molecular weight excluding hydrogens is 126 g/mol. The zero-order valence-electron chi connectivity index (χ0n) is 6.21. The molecule has 0 aliphatic rings. The van der Waals surface area contributed by atoms with Crippen molar-refractivity contribution in [3.8, 4) is 0 Å². The van der Waals surface area contributed by atoms with Gasteiger partial charge in [-0.05, 0) is 18.9 Å². The second-order valence-corrected chi connectivity index (χ2v) is 2.20. The van der Waals surface area contributed by atoms with Crippen LogP contribution in [0.25, 0.3) is 0 Å². The fraction of sp³-hybridized carbons (Fsp3) is 0.375. The van der Waals surface area contributed by atoms with E-state index in [0.717, 1.165) is 11.9 Å². The molecule has 2 heteroatoms. The molecule has 0 amide bonds. The average molecular weight is 139 g/mol. The monoisotopic (exact) mass is 139 g/mol. The number of hydrogen-bond acceptors (Lipinski definition) is 2. The van der Waals surface area contributed by atoms with E-state index in [1.807, 2.05) is 0 Å². The van der Waals surface area contributed by atoms with Gasteiger partial charge in [-0.25, -0.2) is 0 Å². The fourth-order valence-corrected chi connectivity index (χ4v) is 0.466. The molecule has 0 spiro atoms. The lowest BCUT2D eigenvalue weighted by Crippen LogP contribution is -2.14. The quantitative estimate of drug-likeness (QED) is 0.359. The molecule has 0 bridgehead atoms. The van der Waals surface area contributed by atoms with Crippen molar-refractivity contribution in [1.29, 1.82) is 0 Å². The van der Waals surface area contributed by atoms with Gasteiger partial charge in [-0.1, -0.05) is 12.2 Å². The second kappa shape index (κ2) is 4.94. The molecule has 0 aromatic heterocycles. The summed E-state index contributed by atoms with van der Waals surface area (Å²) in [4.78, 5) is 10.1. The van der Waals surface area contributed by atoms with E-state index in [2.05, 4.69) is 6.58 Å². The minimum absolute atomic E-state index is 0.0325. The number of carbonyl (C=O) groups is 1. The van der Waals surface area contributed by atoms with Crippen LogP contribution in [-0.2, 0) is 4.79 Å². The normalized spacial score (nSPS) is 14.4. The van der Waals surface area contributed by atoms with Gasteiger partial charge in [-0.15, -0.1) is 6.58 Å². The summed E-state index contributed by atoms with van der Waals surface area (Å²) in [7, 11) is 0. The predicted octanol–water partition coefficient (Wildman–Crippen LogP) is 1.04. The summed E-state index contributed by atoms with van der Waals surface area (Å²) in [6.45, 7) is 5.27. The average Bonchev–Trinajstić information content (AvgIpc) is 1.99. The van der Waals surface area contributed by atoms with Crippen LogP contribution in [0.3, 0.4) is 0 Å². The first kappa shape index (κ1) is 9.11. The van der Waals surface area contributed by atoms with Crippen LogP contribution < -0.4 is 5.73 Å². The van der Waals surface area contributed by atoms with Gasteiger partial charge in [0.15, 0.2) is 0 Å². The summed E-state index contributed by atoms with van der Waals surface area (Å²) in [5, 5.41) is 0. The minimum atomic E-state index is -0.0325. The Bertz CT molecular complexity index is 149. The van der Waals surface area contributed by atoms with Crippen molar-refractivity contribution in [3.63, 3.8) is 0 Å². The molecule has 2 N–H and O–H groups in total. The van der Waals surface area contributed by atoms with Crippen molar-refractivity contribution in [2.45, 2.75) is 19.4 Å². The maximum atomic E-state index is 10.1. The van der Waals surface area contributed by atoms with Crippen LogP contribution >= 0.6 is 0 Å². The third-order valence-electron chi connectivity index (χ3n) is 1.20. The van der Waals surface area contributed by atoms with Gasteiger partial charge in [0.05, 0.1) is 0 Å². The zero-order valence-corrected chi connectivity index (χ0v) is 6.21. The van der Waals surface area contributed by atoms with E-state index < -0.39 is 0 Å². The van der Waals surface area contributed by atoms with Crippen LogP contribution in [0.15, 0.2) is 24.3 Å². The first-order valence-corrected chi connectivity index (χ1v) is 3.20. The number of rotatable bonds is 4. The van der Waals surface area contributed by atoms with Crippen LogP contribution in [0.5, 0.6) is 0 Å². The standard InChI is InChI=1S/C8H13NO/c1-3-8(9)5-4-7(2)6-10/h3-4,6,8H,1,5,9H2,2H3/b7-4+. The molecule has 0 saturated carbocycles. The minimum Gasteiger partial charge on any atom is -0.324 e. The van der Waals surface area contributed by atoms with E-state index in [9.17, 15) is 4.79 Å². The van der Waals surface area contributed by atoms with Crippen LogP contribution in [0, 0.1) is 0 Å². The molecule has 1 unspecified atom stereocenters.